The first-order valence-electron chi connectivity index (χ1n) is 8.23. The Morgan fingerprint density at radius 1 is 1.23 bits per heavy atom. The third-order valence-electron chi connectivity index (χ3n) is 4.24. The van der Waals surface area contributed by atoms with E-state index >= 15 is 0 Å². The molecule has 2 aromatic rings. The van der Waals surface area contributed by atoms with Gasteiger partial charge in [0.2, 0.25) is 11.9 Å². The van der Waals surface area contributed by atoms with Gasteiger partial charge in [0, 0.05) is 0 Å². The molecule has 0 saturated carbocycles. The summed E-state index contributed by atoms with van der Waals surface area (Å²) in [7, 11) is 0. The van der Waals surface area contributed by atoms with Crippen LogP contribution in [0, 0.1) is 5.92 Å². The predicted octanol–water partition coefficient (Wildman–Crippen LogP) is 4.33. The van der Waals surface area contributed by atoms with E-state index < -0.39 is 6.09 Å². The largest absolute Gasteiger partial charge is 0.447 e. The number of carbonyl (C=O) groups is 1. The molecule has 7 nitrogen and oxygen atoms in total. The second-order valence-electron chi connectivity index (χ2n) is 6.41. The summed E-state index contributed by atoms with van der Waals surface area (Å²) in [5.74, 6) is 0.838. The Labute approximate surface area is 161 Å². The average Bonchev–Trinajstić information content (AvgIpc) is 2.99. The molecule has 9 heteroatoms. The highest BCUT2D eigenvalue weighted by molar-refractivity contribution is 6.42. The van der Waals surface area contributed by atoms with Gasteiger partial charge in [0.05, 0.1) is 22.1 Å². The minimum Gasteiger partial charge on any atom is -0.447 e. The fraction of sp³-hybridized carbons (Fsp3) is 0.412. The van der Waals surface area contributed by atoms with Crippen LogP contribution in [-0.4, -0.2) is 33.7 Å². The number of ether oxygens (including phenoxy) is 1. The lowest BCUT2D eigenvalue weighted by Crippen LogP contribution is -2.38. The zero-order valence-corrected chi connectivity index (χ0v) is 16.1. The van der Waals surface area contributed by atoms with Crippen LogP contribution in [0.1, 0.15) is 32.4 Å². The first kappa shape index (κ1) is 18.7. The van der Waals surface area contributed by atoms with E-state index in [1.54, 1.807) is 12.1 Å². The minimum atomic E-state index is -0.446. The van der Waals surface area contributed by atoms with Crippen molar-refractivity contribution < 1.29 is 9.53 Å². The van der Waals surface area contributed by atoms with Crippen molar-refractivity contribution in [2.45, 2.75) is 32.9 Å². The second kappa shape index (κ2) is 7.63. The van der Waals surface area contributed by atoms with E-state index in [1.807, 2.05) is 26.8 Å². The Balaban J connectivity index is 1.81. The minimum absolute atomic E-state index is 0.106. The first-order valence-corrected chi connectivity index (χ1v) is 8.99. The molecule has 2 atom stereocenters. The molecule has 1 N–H and O–H groups in total. The van der Waals surface area contributed by atoms with Gasteiger partial charge in [0.25, 0.3) is 0 Å². The van der Waals surface area contributed by atoms with Crippen LogP contribution >= 0.6 is 23.2 Å². The van der Waals surface area contributed by atoms with Crippen LogP contribution in [-0.2, 0) is 4.74 Å². The van der Waals surface area contributed by atoms with Gasteiger partial charge in [-0.1, -0.05) is 43.1 Å². The molecule has 1 aromatic carbocycles. The van der Waals surface area contributed by atoms with Gasteiger partial charge >= 0.3 is 6.09 Å². The van der Waals surface area contributed by atoms with Crippen LogP contribution in [0.4, 0.5) is 16.7 Å². The number of anilines is 2. The Morgan fingerprint density at radius 2 is 2.00 bits per heavy atom. The number of cyclic esters (lactones) is 1. The van der Waals surface area contributed by atoms with Gasteiger partial charge in [-0.05, 0) is 30.5 Å². The molecule has 138 valence electrons. The molecule has 1 aliphatic rings. The normalized spacial score (nSPS) is 18.2. The van der Waals surface area contributed by atoms with Crippen molar-refractivity contribution in [3.8, 4) is 0 Å². The number of nitrogens with zero attached hydrogens (tertiary/aromatic N) is 4. The standard InChI is InChI=1S/C17H19Cl2N5O2/c1-9(2)14-7-26-17(25)24(14)16-21-8-20-15(23-16)22-10(3)11-4-5-12(18)13(19)6-11/h4-6,8-10,14H,7H2,1-3H3,(H,20,21,22,23)/t10-,14-/m1/s1. The van der Waals surface area contributed by atoms with Crippen molar-refractivity contribution in [1.82, 2.24) is 15.0 Å². The van der Waals surface area contributed by atoms with E-state index in [4.69, 9.17) is 27.9 Å². The summed E-state index contributed by atoms with van der Waals surface area (Å²) in [6.07, 6.45) is 0.924. The SMILES string of the molecule is CC(C)[C@H]1COC(=O)N1c1ncnc(N[C@H](C)c2ccc(Cl)c(Cl)c2)n1. The van der Waals surface area contributed by atoms with Crippen molar-refractivity contribution in [2.24, 2.45) is 5.92 Å². The topological polar surface area (TPSA) is 80.2 Å². The summed E-state index contributed by atoms with van der Waals surface area (Å²) in [6, 6.07) is 5.18. The van der Waals surface area contributed by atoms with Gasteiger partial charge in [0.15, 0.2) is 0 Å². The Kier molecular flexibility index (Phi) is 5.48. The van der Waals surface area contributed by atoms with E-state index in [2.05, 4.69) is 20.3 Å². The van der Waals surface area contributed by atoms with Crippen molar-refractivity contribution in [3.63, 3.8) is 0 Å². The fourth-order valence-electron chi connectivity index (χ4n) is 2.69. The van der Waals surface area contributed by atoms with Crippen LogP contribution in [0.15, 0.2) is 24.5 Å². The van der Waals surface area contributed by atoms with Gasteiger partial charge in [0.1, 0.15) is 12.9 Å². The van der Waals surface area contributed by atoms with E-state index in [0.29, 0.717) is 22.6 Å². The monoisotopic (exact) mass is 395 g/mol. The highest BCUT2D eigenvalue weighted by atomic mass is 35.5. The number of amides is 1. The number of hydrogen-bond acceptors (Lipinski definition) is 6. The second-order valence-corrected chi connectivity index (χ2v) is 7.22. The Bertz CT molecular complexity index is 817. The molecular formula is C17H19Cl2N5O2. The van der Waals surface area contributed by atoms with Gasteiger partial charge in [-0.25, -0.2) is 19.7 Å². The van der Waals surface area contributed by atoms with E-state index in [-0.39, 0.29) is 23.9 Å². The Morgan fingerprint density at radius 3 is 2.69 bits per heavy atom. The van der Waals surface area contributed by atoms with Crippen LogP contribution in [0.2, 0.25) is 10.0 Å². The highest BCUT2D eigenvalue weighted by Gasteiger charge is 2.38. The summed E-state index contributed by atoms with van der Waals surface area (Å²) in [5, 5.41) is 4.16. The number of benzene rings is 1. The van der Waals surface area contributed by atoms with Crippen LogP contribution < -0.4 is 10.2 Å². The third-order valence-corrected chi connectivity index (χ3v) is 4.98. The molecule has 26 heavy (non-hydrogen) atoms. The van der Waals surface area contributed by atoms with E-state index in [0.717, 1.165) is 5.56 Å². The molecule has 0 aliphatic carbocycles. The Hall–Kier alpha value is -2.12. The first-order chi connectivity index (χ1) is 12.4. The van der Waals surface area contributed by atoms with Crippen molar-refractivity contribution >= 4 is 41.2 Å². The smallest absolute Gasteiger partial charge is 0.417 e. The molecule has 0 spiro atoms. The van der Waals surface area contributed by atoms with Crippen molar-refractivity contribution in [3.05, 3.63) is 40.1 Å². The molecule has 1 fully saturated rings. The molecule has 1 saturated heterocycles. The van der Waals surface area contributed by atoms with E-state index in [9.17, 15) is 4.79 Å². The molecule has 1 amide bonds. The number of carbonyl (C=O) groups excluding carboxylic acids is 1. The van der Waals surface area contributed by atoms with Crippen molar-refractivity contribution in [1.29, 1.82) is 0 Å². The third kappa shape index (κ3) is 3.83. The van der Waals surface area contributed by atoms with Gasteiger partial charge in [-0.3, -0.25) is 0 Å². The number of halogens is 2. The zero-order valence-electron chi connectivity index (χ0n) is 14.6. The fourth-order valence-corrected chi connectivity index (χ4v) is 3.00. The molecule has 0 unspecified atom stereocenters. The van der Waals surface area contributed by atoms with Crippen LogP contribution in [0.5, 0.6) is 0 Å². The van der Waals surface area contributed by atoms with Crippen LogP contribution in [0.3, 0.4) is 0 Å². The molecule has 2 heterocycles. The summed E-state index contributed by atoms with van der Waals surface area (Å²) in [5.41, 5.74) is 0.932. The molecule has 0 bridgehead atoms. The van der Waals surface area contributed by atoms with Gasteiger partial charge in [-0.15, -0.1) is 0 Å². The lowest BCUT2D eigenvalue weighted by Gasteiger charge is -2.22. The molecule has 1 aliphatic heterocycles. The predicted molar refractivity (Wildman–Crippen MR) is 101 cm³/mol. The summed E-state index contributed by atoms with van der Waals surface area (Å²) >= 11 is 12.0. The lowest BCUT2D eigenvalue weighted by atomic mass is 10.1. The maximum atomic E-state index is 12.1. The molecule has 0 radical (unpaired) electrons. The highest BCUT2D eigenvalue weighted by Crippen LogP contribution is 2.28. The zero-order chi connectivity index (χ0) is 18.8. The molecule has 1 aromatic heterocycles. The summed E-state index contributed by atoms with van der Waals surface area (Å²) in [6.45, 7) is 6.31. The van der Waals surface area contributed by atoms with E-state index in [1.165, 1.54) is 11.2 Å². The number of rotatable bonds is 5. The quantitative estimate of drug-likeness (QED) is 0.810. The summed E-state index contributed by atoms with van der Waals surface area (Å²) in [4.78, 5) is 26.2. The lowest BCUT2D eigenvalue weighted by molar-refractivity contribution is 0.177. The summed E-state index contributed by atoms with van der Waals surface area (Å²) < 4.78 is 5.15. The number of aromatic nitrogens is 3. The maximum absolute atomic E-state index is 12.1. The maximum Gasteiger partial charge on any atom is 0.417 e. The van der Waals surface area contributed by atoms with Gasteiger partial charge in [-0.2, -0.15) is 4.98 Å². The molecule has 3 rings (SSSR count). The van der Waals surface area contributed by atoms with Crippen LogP contribution in [0.25, 0.3) is 0 Å². The van der Waals surface area contributed by atoms with Crippen molar-refractivity contribution in [2.75, 3.05) is 16.8 Å². The number of hydrogen-bond donors (Lipinski definition) is 1. The molecular weight excluding hydrogens is 377 g/mol. The number of nitrogens with one attached hydrogen (secondary N) is 1. The average molecular weight is 396 g/mol. The van der Waals surface area contributed by atoms with Gasteiger partial charge < -0.3 is 10.1 Å².